The van der Waals surface area contributed by atoms with Crippen molar-refractivity contribution in [3.8, 4) is 11.1 Å². The number of hydrogen-bond donors (Lipinski definition) is 3. The summed E-state index contributed by atoms with van der Waals surface area (Å²) in [6.07, 6.45) is 1.36. The molecule has 4 N–H and O–H groups in total. The number of nitrogens with two attached hydrogens (primary N) is 1. The molecule has 0 saturated carbocycles. The zero-order chi connectivity index (χ0) is 23.4. The Kier molecular flexibility index (Phi) is 6.40. The van der Waals surface area contributed by atoms with Crippen molar-refractivity contribution in [1.29, 1.82) is 0 Å². The summed E-state index contributed by atoms with van der Waals surface area (Å²) in [6, 6.07) is 21.0. The van der Waals surface area contributed by atoms with Crippen LogP contribution in [-0.4, -0.2) is 30.4 Å². The maximum absolute atomic E-state index is 13.1. The number of nitrogens with one attached hydrogen (secondary N) is 2. The highest BCUT2D eigenvalue weighted by Crippen LogP contribution is 2.28. The standard InChI is InChI=1S/C26H26N4O3/c1-17-8-12-19(13-9-17)28-26(33)29-23-7-4-16-30(25(23)32)20-14-10-18(11-15-20)21-5-2-3-6-22(21)24(27)31/h2-3,5-6,8-15,23H,4,7,16H2,1H3,(H2,27,31)(H2,28,29,33)/t23-/m1/s1. The van der Waals surface area contributed by atoms with Crippen molar-refractivity contribution in [1.82, 2.24) is 5.32 Å². The number of nitrogens with zero attached hydrogens (tertiary/aromatic N) is 1. The lowest BCUT2D eigenvalue weighted by Crippen LogP contribution is -2.53. The minimum Gasteiger partial charge on any atom is -0.366 e. The predicted molar refractivity (Wildman–Crippen MR) is 129 cm³/mol. The van der Waals surface area contributed by atoms with Gasteiger partial charge in [0.2, 0.25) is 11.8 Å². The number of aryl methyl sites for hydroxylation is 1. The number of carbonyl (C=O) groups excluding carboxylic acids is 3. The normalized spacial score (nSPS) is 15.7. The summed E-state index contributed by atoms with van der Waals surface area (Å²) >= 11 is 0. The maximum atomic E-state index is 13.1. The number of piperidine rings is 1. The summed E-state index contributed by atoms with van der Waals surface area (Å²) in [6.45, 7) is 2.55. The minimum atomic E-state index is -0.598. The molecule has 1 aliphatic rings. The summed E-state index contributed by atoms with van der Waals surface area (Å²) in [7, 11) is 0. The van der Waals surface area contributed by atoms with E-state index < -0.39 is 18.0 Å². The van der Waals surface area contributed by atoms with Crippen LogP contribution in [0.25, 0.3) is 11.1 Å². The van der Waals surface area contributed by atoms with Gasteiger partial charge in [0, 0.05) is 23.5 Å². The number of carbonyl (C=O) groups is 3. The number of benzene rings is 3. The van der Waals surface area contributed by atoms with Crippen molar-refractivity contribution in [3.05, 3.63) is 83.9 Å². The smallest absolute Gasteiger partial charge is 0.319 e. The molecule has 7 nitrogen and oxygen atoms in total. The second-order valence-corrected chi connectivity index (χ2v) is 8.11. The van der Waals surface area contributed by atoms with E-state index in [4.69, 9.17) is 5.73 Å². The maximum Gasteiger partial charge on any atom is 0.319 e. The first-order valence-corrected chi connectivity index (χ1v) is 10.9. The van der Waals surface area contributed by atoms with Gasteiger partial charge in [-0.25, -0.2) is 4.79 Å². The van der Waals surface area contributed by atoms with E-state index in [1.807, 2.05) is 67.6 Å². The van der Waals surface area contributed by atoms with Gasteiger partial charge >= 0.3 is 6.03 Å². The first-order valence-electron chi connectivity index (χ1n) is 10.9. The Morgan fingerprint density at radius 3 is 2.36 bits per heavy atom. The van der Waals surface area contributed by atoms with Gasteiger partial charge in [-0.2, -0.15) is 0 Å². The quantitative estimate of drug-likeness (QED) is 0.554. The molecule has 0 radical (unpaired) electrons. The van der Waals surface area contributed by atoms with Crippen LogP contribution in [0.3, 0.4) is 0 Å². The second-order valence-electron chi connectivity index (χ2n) is 8.11. The number of urea groups is 1. The van der Waals surface area contributed by atoms with E-state index in [9.17, 15) is 14.4 Å². The fourth-order valence-corrected chi connectivity index (χ4v) is 4.00. The Hall–Kier alpha value is -4.13. The molecule has 1 heterocycles. The van der Waals surface area contributed by atoms with Crippen LogP contribution < -0.4 is 21.3 Å². The highest BCUT2D eigenvalue weighted by atomic mass is 16.2. The molecule has 4 rings (SSSR count). The third kappa shape index (κ3) is 5.03. The summed E-state index contributed by atoms with van der Waals surface area (Å²) in [5.41, 5.74) is 10.0. The van der Waals surface area contributed by atoms with Gasteiger partial charge in [0.05, 0.1) is 0 Å². The Balaban J connectivity index is 1.45. The highest BCUT2D eigenvalue weighted by molar-refractivity contribution is 6.02. The molecule has 0 spiro atoms. The van der Waals surface area contributed by atoms with E-state index in [0.717, 1.165) is 28.8 Å². The molecule has 0 aromatic heterocycles. The number of anilines is 2. The van der Waals surface area contributed by atoms with E-state index in [2.05, 4.69) is 10.6 Å². The number of hydrogen-bond acceptors (Lipinski definition) is 3. The van der Waals surface area contributed by atoms with Gasteiger partial charge in [0.15, 0.2) is 0 Å². The van der Waals surface area contributed by atoms with Crippen LogP contribution in [-0.2, 0) is 4.79 Å². The molecule has 168 valence electrons. The van der Waals surface area contributed by atoms with Crippen molar-refractivity contribution >= 4 is 29.2 Å². The zero-order valence-electron chi connectivity index (χ0n) is 18.4. The van der Waals surface area contributed by atoms with Crippen molar-refractivity contribution < 1.29 is 14.4 Å². The Morgan fingerprint density at radius 1 is 0.970 bits per heavy atom. The average molecular weight is 443 g/mol. The Labute approximate surface area is 192 Å². The van der Waals surface area contributed by atoms with Crippen molar-refractivity contribution in [2.75, 3.05) is 16.8 Å². The molecule has 3 aromatic rings. The summed E-state index contributed by atoms with van der Waals surface area (Å²) < 4.78 is 0. The van der Waals surface area contributed by atoms with E-state index >= 15 is 0 Å². The lowest BCUT2D eigenvalue weighted by atomic mass is 9.98. The van der Waals surface area contributed by atoms with E-state index in [0.29, 0.717) is 24.2 Å². The first kappa shape index (κ1) is 22.1. The van der Waals surface area contributed by atoms with Crippen LogP contribution in [0.15, 0.2) is 72.8 Å². The number of primary amides is 1. The van der Waals surface area contributed by atoms with Gasteiger partial charge in [-0.3, -0.25) is 9.59 Å². The van der Waals surface area contributed by atoms with Gasteiger partial charge in [-0.05, 0) is 61.2 Å². The molecule has 0 bridgehead atoms. The highest BCUT2D eigenvalue weighted by Gasteiger charge is 2.30. The predicted octanol–water partition coefficient (Wildman–Crippen LogP) is 4.08. The SMILES string of the molecule is Cc1ccc(NC(=O)N[C@@H]2CCCN(c3ccc(-c4ccccc4C(N)=O)cc3)C2=O)cc1. The number of amides is 4. The third-order valence-corrected chi connectivity index (χ3v) is 5.74. The molecule has 1 atom stereocenters. The van der Waals surface area contributed by atoms with Crippen molar-refractivity contribution in [2.24, 2.45) is 5.73 Å². The van der Waals surface area contributed by atoms with Gasteiger partial charge in [-0.15, -0.1) is 0 Å². The van der Waals surface area contributed by atoms with Crippen LogP contribution in [0.4, 0.5) is 16.2 Å². The van der Waals surface area contributed by atoms with Crippen LogP contribution in [0, 0.1) is 6.92 Å². The molecular formula is C26H26N4O3. The van der Waals surface area contributed by atoms with Gasteiger partial charge in [0.25, 0.3) is 0 Å². The minimum absolute atomic E-state index is 0.148. The Morgan fingerprint density at radius 2 is 1.67 bits per heavy atom. The fourth-order valence-electron chi connectivity index (χ4n) is 4.00. The summed E-state index contributed by atoms with van der Waals surface area (Å²) in [5, 5.41) is 5.57. The molecular weight excluding hydrogens is 416 g/mol. The monoisotopic (exact) mass is 442 g/mol. The summed E-state index contributed by atoms with van der Waals surface area (Å²) in [5.74, 6) is -0.635. The molecule has 1 saturated heterocycles. The molecule has 0 unspecified atom stereocenters. The van der Waals surface area contributed by atoms with Gasteiger partial charge in [-0.1, -0.05) is 48.0 Å². The third-order valence-electron chi connectivity index (χ3n) is 5.74. The van der Waals surface area contributed by atoms with Crippen LogP contribution in [0.5, 0.6) is 0 Å². The largest absolute Gasteiger partial charge is 0.366 e. The lowest BCUT2D eigenvalue weighted by Gasteiger charge is -2.32. The fraction of sp³-hybridized carbons (Fsp3) is 0.192. The zero-order valence-corrected chi connectivity index (χ0v) is 18.4. The first-order chi connectivity index (χ1) is 15.9. The van der Waals surface area contributed by atoms with E-state index in [1.54, 1.807) is 17.0 Å². The topological polar surface area (TPSA) is 105 Å². The van der Waals surface area contributed by atoms with E-state index in [1.165, 1.54) is 0 Å². The second kappa shape index (κ2) is 9.56. The van der Waals surface area contributed by atoms with Crippen molar-refractivity contribution in [3.63, 3.8) is 0 Å². The molecule has 3 aromatic carbocycles. The molecule has 0 aliphatic carbocycles. The van der Waals surface area contributed by atoms with Crippen LogP contribution in [0.1, 0.15) is 28.8 Å². The van der Waals surface area contributed by atoms with Crippen LogP contribution in [0.2, 0.25) is 0 Å². The van der Waals surface area contributed by atoms with Crippen molar-refractivity contribution in [2.45, 2.75) is 25.8 Å². The van der Waals surface area contributed by atoms with Gasteiger partial charge in [0.1, 0.15) is 6.04 Å². The molecule has 4 amide bonds. The van der Waals surface area contributed by atoms with E-state index in [-0.39, 0.29) is 5.91 Å². The van der Waals surface area contributed by atoms with Gasteiger partial charge < -0.3 is 21.3 Å². The molecule has 1 fully saturated rings. The molecule has 1 aliphatic heterocycles. The average Bonchev–Trinajstić information content (AvgIpc) is 2.82. The lowest BCUT2D eigenvalue weighted by molar-refractivity contribution is -0.121. The number of rotatable bonds is 5. The Bertz CT molecular complexity index is 1170. The summed E-state index contributed by atoms with van der Waals surface area (Å²) in [4.78, 5) is 38.9. The van der Waals surface area contributed by atoms with Crippen LogP contribution >= 0.6 is 0 Å². The molecule has 7 heteroatoms. The molecule has 33 heavy (non-hydrogen) atoms.